The SMILES string of the molecule is CCCc1nc(N2CCCN(C(=O)Nc3ccc(CC)cc3)CC2)c2c(-c3cccc(C(F)(F)F)c3)noc2n1. The molecule has 1 aliphatic heterocycles. The average Bonchev–Trinajstić information content (AvgIpc) is 3.21. The van der Waals surface area contributed by atoms with Crippen molar-refractivity contribution >= 4 is 28.6 Å². The third-order valence-corrected chi connectivity index (χ3v) is 7.00. The topological polar surface area (TPSA) is 87.4 Å². The molecule has 0 saturated carbocycles. The number of nitrogens with one attached hydrogen (secondary N) is 1. The first-order chi connectivity index (χ1) is 19.3. The Morgan fingerprint density at radius 2 is 1.82 bits per heavy atom. The zero-order chi connectivity index (χ0) is 28.3. The summed E-state index contributed by atoms with van der Waals surface area (Å²) < 4.78 is 45.8. The summed E-state index contributed by atoms with van der Waals surface area (Å²) in [4.78, 5) is 26.2. The molecule has 0 spiro atoms. The summed E-state index contributed by atoms with van der Waals surface area (Å²) in [5, 5.41) is 7.56. The molecule has 40 heavy (non-hydrogen) atoms. The van der Waals surface area contributed by atoms with Crippen LogP contribution in [0, 0.1) is 0 Å². The highest BCUT2D eigenvalue weighted by atomic mass is 19.4. The number of carbonyl (C=O) groups is 1. The van der Waals surface area contributed by atoms with E-state index < -0.39 is 11.7 Å². The van der Waals surface area contributed by atoms with Crippen molar-refractivity contribution < 1.29 is 22.5 Å². The van der Waals surface area contributed by atoms with Crippen LogP contribution in [0.4, 0.5) is 29.5 Å². The number of halogens is 3. The van der Waals surface area contributed by atoms with E-state index >= 15 is 0 Å². The lowest BCUT2D eigenvalue weighted by Gasteiger charge is -2.24. The van der Waals surface area contributed by atoms with E-state index in [-0.39, 0.29) is 23.0 Å². The minimum atomic E-state index is -4.49. The Morgan fingerprint density at radius 3 is 2.55 bits per heavy atom. The van der Waals surface area contributed by atoms with E-state index in [9.17, 15) is 18.0 Å². The molecule has 2 aromatic carbocycles. The number of hydrogen-bond donors (Lipinski definition) is 1. The minimum Gasteiger partial charge on any atom is -0.354 e. The van der Waals surface area contributed by atoms with Gasteiger partial charge in [-0.1, -0.05) is 43.3 Å². The molecule has 0 aliphatic carbocycles. The van der Waals surface area contributed by atoms with Gasteiger partial charge in [0.2, 0.25) is 0 Å². The second kappa shape index (κ2) is 11.5. The number of carbonyl (C=O) groups excluding carboxylic acids is 1. The number of anilines is 2. The van der Waals surface area contributed by atoms with E-state index in [1.165, 1.54) is 11.6 Å². The maximum absolute atomic E-state index is 13.4. The van der Waals surface area contributed by atoms with Crippen LogP contribution < -0.4 is 10.2 Å². The van der Waals surface area contributed by atoms with E-state index in [0.29, 0.717) is 56.0 Å². The van der Waals surface area contributed by atoms with Gasteiger partial charge in [0, 0.05) is 43.9 Å². The van der Waals surface area contributed by atoms with E-state index in [2.05, 4.69) is 22.4 Å². The Bertz CT molecular complexity index is 1490. The molecule has 1 fully saturated rings. The normalized spacial score (nSPS) is 14.4. The smallest absolute Gasteiger partial charge is 0.354 e. The molecule has 2 amide bonds. The van der Waals surface area contributed by atoms with Crippen LogP contribution in [0.25, 0.3) is 22.4 Å². The predicted octanol–water partition coefficient (Wildman–Crippen LogP) is 6.56. The fourth-order valence-electron chi connectivity index (χ4n) is 4.84. The molecule has 0 bridgehead atoms. The zero-order valence-electron chi connectivity index (χ0n) is 22.5. The number of amides is 2. The molecule has 210 valence electrons. The van der Waals surface area contributed by atoms with Gasteiger partial charge in [0.05, 0.1) is 5.56 Å². The third kappa shape index (κ3) is 5.88. The van der Waals surface area contributed by atoms with Gasteiger partial charge in [-0.05, 0) is 49.1 Å². The van der Waals surface area contributed by atoms with Gasteiger partial charge in [0.1, 0.15) is 22.7 Å². The number of aromatic nitrogens is 3. The Labute approximate surface area is 230 Å². The molecule has 11 heteroatoms. The van der Waals surface area contributed by atoms with Crippen LogP contribution in [-0.4, -0.2) is 52.2 Å². The maximum Gasteiger partial charge on any atom is 0.416 e. The first-order valence-corrected chi connectivity index (χ1v) is 13.5. The number of fused-ring (bicyclic) bond motifs is 1. The largest absolute Gasteiger partial charge is 0.416 e. The van der Waals surface area contributed by atoms with Gasteiger partial charge >= 0.3 is 12.2 Å². The van der Waals surface area contributed by atoms with Gasteiger partial charge in [-0.3, -0.25) is 0 Å². The number of rotatable bonds is 6. The quantitative estimate of drug-likeness (QED) is 0.291. The molecule has 0 atom stereocenters. The number of benzene rings is 2. The maximum atomic E-state index is 13.4. The van der Waals surface area contributed by atoms with Gasteiger partial charge < -0.3 is 19.6 Å². The molecular weight excluding hydrogens is 521 g/mol. The molecule has 4 aromatic rings. The standard InChI is InChI=1S/C29H31F3N6O2/c1-3-7-23-34-26(24-25(36-40-27(24)35-23)20-8-5-9-21(18-20)29(30,31)32)37-14-6-15-38(17-16-37)28(39)33-22-12-10-19(4-2)11-13-22/h5,8-13,18H,3-4,6-7,14-17H2,1-2H3,(H,33,39). The second-order valence-corrected chi connectivity index (χ2v) is 9.81. The summed E-state index contributed by atoms with van der Waals surface area (Å²) >= 11 is 0. The fourth-order valence-corrected chi connectivity index (χ4v) is 4.84. The minimum absolute atomic E-state index is 0.180. The first-order valence-electron chi connectivity index (χ1n) is 13.5. The van der Waals surface area contributed by atoms with E-state index in [4.69, 9.17) is 9.51 Å². The molecule has 1 saturated heterocycles. The average molecular weight is 553 g/mol. The lowest BCUT2D eigenvalue weighted by molar-refractivity contribution is -0.137. The van der Waals surface area contributed by atoms with Crippen molar-refractivity contribution in [2.75, 3.05) is 36.4 Å². The summed E-state index contributed by atoms with van der Waals surface area (Å²) in [5.74, 6) is 1.13. The lowest BCUT2D eigenvalue weighted by atomic mass is 10.1. The molecule has 5 rings (SSSR count). The van der Waals surface area contributed by atoms with Gasteiger partial charge in [-0.2, -0.15) is 18.2 Å². The molecule has 3 heterocycles. The van der Waals surface area contributed by atoms with Crippen LogP contribution in [0.2, 0.25) is 0 Å². The summed E-state index contributed by atoms with van der Waals surface area (Å²) in [6, 6.07) is 12.6. The highest BCUT2D eigenvalue weighted by Crippen LogP contribution is 2.37. The first kappa shape index (κ1) is 27.4. The van der Waals surface area contributed by atoms with Crippen molar-refractivity contribution in [1.29, 1.82) is 0 Å². The summed E-state index contributed by atoms with van der Waals surface area (Å²) in [6.45, 7) is 6.16. The van der Waals surface area contributed by atoms with Gasteiger partial charge in [0.25, 0.3) is 5.71 Å². The van der Waals surface area contributed by atoms with Crippen LogP contribution in [0.3, 0.4) is 0 Å². The van der Waals surface area contributed by atoms with E-state index in [1.54, 1.807) is 11.0 Å². The second-order valence-electron chi connectivity index (χ2n) is 9.81. The highest BCUT2D eigenvalue weighted by Gasteiger charge is 2.32. The Hall–Kier alpha value is -4.15. The van der Waals surface area contributed by atoms with E-state index in [0.717, 1.165) is 30.7 Å². The zero-order valence-corrected chi connectivity index (χ0v) is 22.5. The van der Waals surface area contributed by atoms with Crippen LogP contribution in [-0.2, 0) is 19.0 Å². The lowest BCUT2D eigenvalue weighted by Crippen LogP contribution is -2.38. The molecule has 8 nitrogen and oxygen atoms in total. The Kier molecular flexibility index (Phi) is 7.90. The number of hydrogen-bond acceptors (Lipinski definition) is 6. The summed E-state index contributed by atoms with van der Waals surface area (Å²) in [5.41, 5.74) is 1.92. The van der Waals surface area contributed by atoms with Crippen molar-refractivity contribution in [3.8, 4) is 11.3 Å². The third-order valence-electron chi connectivity index (χ3n) is 7.00. The number of aryl methyl sites for hydroxylation is 2. The van der Waals surface area contributed by atoms with Crippen molar-refractivity contribution in [2.45, 2.75) is 45.7 Å². The Morgan fingerprint density at radius 1 is 1.02 bits per heavy atom. The molecule has 2 aromatic heterocycles. The predicted molar refractivity (Wildman–Crippen MR) is 147 cm³/mol. The van der Waals surface area contributed by atoms with E-state index in [1.807, 2.05) is 36.1 Å². The molecule has 1 aliphatic rings. The number of urea groups is 1. The van der Waals surface area contributed by atoms with Crippen LogP contribution in [0.1, 0.15) is 43.6 Å². The van der Waals surface area contributed by atoms with Crippen LogP contribution >= 0.6 is 0 Å². The van der Waals surface area contributed by atoms with Crippen molar-refractivity contribution in [3.05, 3.63) is 65.5 Å². The molecular formula is C29H31F3N6O2. The van der Waals surface area contributed by atoms with Crippen LogP contribution in [0.15, 0.2) is 53.1 Å². The van der Waals surface area contributed by atoms with Crippen molar-refractivity contribution in [3.63, 3.8) is 0 Å². The fraction of sp³-hybridized carbons (Fsp3) is 0.379. The highest BCUT2D eigenvalue weighted by molar-refractivity contribution is 5.98. The van der Waals surface area contributed by atoms with Crippen molar-refractivity contribution in [2.24, 2.45) is 0 Å². The van der Waals surface area contributed by atoms with Crippen LogP contribution in [0.5, 0.6) is 0 Å². The summed E-state index contributed by atoms with van der Waals surface area (Å²) in [7, 11) is 0. The van der Waals surface area contributed by atoms with Gasteiger partial charge in [-0.15, -0.1) is 0 Å². The van der Waals surface area contributed by atoms with Gasteiger partial charge in [-0.25, -0.2) is 9.78 Å². The number of nitrogens with zero attached hydrogens (tertiary/aromatic N) is 5. The Balaban J connectivity index is 1.43. The number of alkyl halides is 3. The summed E-state index contributed by atoms with van der Waals surface area (Å²) in [6.07, 6.45) is -1.46. The van der Waals surface area contributed by atoms with Crippen molar-refractivity contribution in [1.82, 2.24) is 20.0 Å². The molecule has 1 N–H and O–H groups in total. The molecule has 0 radical (unpaired) electrons. The molecule has 0 unspecified atom stereocenters. The monoisotopic (exact) mass is 552 g/mol. The van der Waals surface area contributed by atoms with Gasteiger partial charge in [0.15, 0.2) is 0 Å².